The molecule has 0 radical (unpaired) electrons. The lowest BCUT2D eigenvalue weighted by molar-refractivity contribution is 0.0237. The molecule has 0 heterocycles. The summed E-state index contributed by atoms with van der Waals surface area (Å²) in [7, 11) is 0. The van der Waals surface area contributed by atoms with E-state index in [-0.39, 0.29) is 6.61 Å². The Morgan fingerprint density at radius 1 is 0.633 bits per heavy atom. The van der Waals surface area contributed by atoms with Crippen molar-refractivity contribution in [1.82, 2.24) is 0 Å². The van der Waals surface area contributed by atoms with Crippen molar-refractivity contribution >= 4 is 0 Å². The van der Waals surface area contributed by atoms with Crippen molar-refractivity contribution in [2.45, 2.75) is 135 Å². The lowest BCUT2D eigenvalue weighted by Gasteiger charge is -2.17. The van der Waals surface area contributed by atoms with Gasteiger partial charge in [0.1, 0.15) is 0 Å². The van der Waals surface area contributed by atoms with E-state index in [2.05, 4.69) is 31.2 Å². The number of hydrogen-bond donors (Lipinski definition) is 1. The maximum atomic E-state index is 9.15. The van der Waals surface area contributed by atoms with Crippen LogP contribution in [0.3, 0.4) is 0 Å². The molecule has 0 aliphatic heterocycles. The van der Waals surface area contributed by atoms with Crippen LogP contribution in [-0.2, 0) is 11.3 Å². The molecule has 0 fully saturated rings. The van der Waals surface area contributed by atoms with Crippen molar-refractivity contribution in [3.05, 3.63) is 35.9 Å². The van der Waals surface area contributed by atoms with Gasteiger partial charge in [0.15, 0.2) is 0 Å². The van der Waals surface area contributed by atoms with Gasteiger partial charge in [-0.15, -0.1) is 0 Å². The molecule has 1 rings (SSSR count). The van der Waals surface area contributed by atoms with Crippen LogP contribution in [-0.4, -0.2) is 17.8 Å². The highest BCUT2D eigenvalue weighted by Crippen LogP contribution is 2.17. The summed E-state index contributed by atoms with van der Waals surface area (Å²) in [5, 5.41) is 9.15. The molecule has 1 N–H and O–H groups in total. The Balaban J connectivity index is 1.92. The molecule has 30 heavy (non-hydrogen) atoms. The zero-order valence-electron chi connectivity index (χ0n) is 20.0. The molecule has 2 nitrogen and oxygen atoms in total. The van der Waals surface area contributed by atoms with Gasteiger partial charge in [0, 0.05) is 6.61 Å². The van der Waals surface area contributed by atoms with Crippen LogP contribution < -0.4 is 0 Å². The normalized spacial score (nSPS) is 12.3. The van der Waals surface area contributed by atoms with E-state index in [1.54, 1.807) is 0 Å². The molecule has 174 valence electrons. The molecule has 0 aliphatic rings. The fourth-order valence-corrected chi connectivity index (χ4v) is 4.16. The van der Waals surface area contributed by atoms with Crippen molar-refractivity contribution in [2.75, 3.05) is 6.61 Å². The van der Waals surface area contributed by atoms with Crippen molar-refractivity contribution in [3.8, 4) is 0 Å². The van der Waals surface area contributed by atoms with Gasteiger partial charge >= 0.3 is 0 Å². The molecule has 0 spiro atoms. The molecule has 0 bridgehead atoms. The van der Waals surface area contributed by atoms with Gasteiger partial charge in [-0.05, 0) is 24.8 Å². The summed E-state index contributed by atoms with van der Waals surface area (Å²) >= 11 is 0. The Bertz CT molecular complexity index is 445. The fraction of sp³-hybridized carbons (Fsp3) is 0.786. The largest absolute Gasteiger partial charge is 0.396 e. The Morgan fingerprint density at radius 2 is 1.10 bits per heavy atom. The Hall–Kier alpha value is -0.860. The summed E-state index contributed by atoms with van der Waals surface area (Å²) < 4.78 is 6.14. The highest BCUT2D eigenvalue weighted by atomic mass is 16.5. The van der Waals surface area contributed by atoms with Gasteiger partial charge < -0.3 is 9.84 Å². The summed E-state index contributed by atoms with van der Waals surface area (Å²) in [6.07, 6.45) is 24.3. The molecule has 1 atom stereocenters. The van der Waals surface area contributed by atoms with Gasteiger partial charge in [-0.25, -0.2) is 0 Å². The van der Waals surface area contributed by atoms with Crippen molar-refractivity contribution < 1.29 is 9.84 Å². The second kappa shape index (κ2) is 21.4. The lowest BCUT2D eigenvalue weighted by Crippen LogP contribution is -2.13. The second-order valence-corrected chi connectivity index (χ2v) is 9.02. The highest BCUT2D eigenvalue weighted by Gasteiger charge is 2.09. The summed E-state index contributed by atoms with van der Waals surface area (Å²) in [5.74, 6) is 0. The first-order chi connectivity index (χ1) is 14.9. The van der Waals surface area contributed by atoms with E-state index < -0.39 is 0 Å². The summed E-state index contributed by atoms with van der Waals surface area (Å²) in [6, 6.07) is 10.4. The van der Waals surface area contributed by atoms with Crippen LogP contribution in [0.2, 0.25) is 0 Å². The quantitative estimate of drug-likeness (QED) is 0.191. The lowest BCUT2D eigenvalue weighted by atomic mass is 10.0. The maximum absolute atomic E-state index is 9.15. The average molecular weight is 419 g/mol. The number of ether oxygens (including phenoxy) is 1. The van der Waals surface area contributed by atoms with Gasteiger partial charge in [-0.1, -0.05) is 134 Å². The van der Waals surface area contributed by atoms with Gasteiger partial charge in [-0.3, -0.25) is 0 Å². The first kappa shape index (κ1) is 27.2. The number of unbranched alkanes of at least 4 members (excludes halogenated alkanes) is 14. The average Bonchev–Trinajstić information content (AvgIpc) is 2.78. The van der Waals surface area contributed by atoms with E-state index in [0.717, 1.165) is 19.3 Å². The first-order valence-corrected chi connectivity index (χ1v) is 13.1. The number of aliphatic hydroxyl groups is 1. The molecular weight excluding hydrogens is 368 g/mol. The van der Waals surface area contributed by atoms with Crippen molar-refractivity contribution in [1.29, 1.82) is 0 Å². The van der Waals surface area contributed by atoms with Crippen LogP contribution in [0.1, 0.15) is 128 Å². The van der Waals surface area contributed by atoms with E-state index in [1.807, 2.05) is 6.07 Å². The number of benzene rings is 1. The van der Waals surface area contributed by atoms with E-state index in [4.69, 9.17) is 9.84 Å². The third-order valence-corrected chi connectivity index (χ3v) is 6.14. The van der Waals surface area contributed by atoms with Crippen LogP contribution >= 0.6 is 0 Å². The molecule has 1 unspecified atom stereocenters. The zero-order chi connectivity index (χ0) is 21.5. The first-order valence-electron chi connectivity index (χ1n) is 13.1. The van der Waals surface area contributed by atoms with Crippen LogP contribution in [0, 0.1) is 0 Å². The molecule has 0 saturated heterocycles. The minimum atomic E-state index is 0.268. The number of hydrogen-bond acceptors (Lipinski definition) is 2. The van der Waals surface area contributed by atoms with E-state index >= 15 is 0 Å². The summed E-state index contributed by atoms with van der Waals surface area (Å²) in [6.45, 7) is 3.25. The van der Waals surface area contributed by atoms with Crippen molar-refractivity contribution in [2.24, 2.45) is 0 Å². The Morgan fingerprint density at radius 3 is 1.60 bits per heavy atom. The summed E-state index contributed by atoms with van der Waals surface area (Å²) in [4.78, 5) is 0. The third-order valence-electron chi connectivity index (χ3n) is 6.14. The van der Waals surface area contributed by atoms with Crippen LogP contribution in [0.15, 0.2) is 30.3 Å². The fourth-order valence-electron chi connectivity index (χ4n) is 4.16. The molecule has 0 saturated carbocycles. The minimum Gasteiger partial charge on any atom is -0.396 e. The zero-order valence-corrected chi connectivity index (χ0v) is 20.0. The third kappa shape index (κ3) is 16.9. The topological polar surface area (TPSA) is 29.5 Å². The van der Waals surface area contributed by atoms with Gasteiger partial charge in [0.25, 0.3) is 0 Å². The van der Waals surface area contributed by atoms with Gasteiger partial charge in [0.2, 0.25) is 0 Å². The van der Waals surface area contributed by atoms with Gasteiger partial charge in [-0.2, -0.15) is 0 Å². The van der Waals surface area contributed by atoms with E-state index in [1.165, 1.54) is 102 Å². The van der Waals surface area contributed by atoms with E-state index in [9.17, 15) is 0 Å². The van der Waals surface area contributed by atoms with Gasteiger partial charge in [0.05, 0.1) is 12.7 Å². The molecule has 1 aromatic rings. The molecule has 2 heteroatoms. The monoisotopic (exact) mass is 418 g/mol. The predicted molar refractivity (Wildman–Crippen MR) is 131 cm³/mol. The van der Waals surface area contributed by atoms with Crippen LogP contribution in [0.25, 0.3) is 0 Å². The molecule has 1 aromatic carbocycles. The highest BCUT2D eigenvalue weighted by molar-refractivity contribution is 5.13. The van der Waals surface area contributed by atoms with Crippen LogP contribution in [0.4, 0.5) is 0 Å². The minimum absolute atomic E-state index is 0.268. The molecule has 0 aromatic heterocycles. The molecular formula is C28H50O2. The second-order valence-electron chi connectivity index (χ2n) is 9.02. The SMILES string of the molecule is CCCCCCCCCCCCCCCCCC(CCCO)OCc1ccccc1. The number of aliphatic hydroxyl groups excluding tert-OH is 1. The molecule has 0 amide bonds. The van der Waals surface area contributed by atoms with E-state index in [0.29, 0.717) is 12.7 Å². The Labute approximate surface area is 187 Å². The Kier molecular flexibility index (Phi) is 19.4. The standard InChI is InChI=1S/C28H50O2/c1-2-3-4-5-6-7-8-9-10-11-12-13-14-15-19-23-28(24-20-25-29)30-26-27-21-17-16-18-22-27/h16-18,21-22,28-29H,2-15,19-20,23-26H2,1H3. The smallest absolute Gasteiger partial charge is 0.0720 e. The van der Waals surface area contributed by atoms with Crippen molar-refractivity contribution in [3.63, 3.8) is 0 Å². The maximum Gasteiger partial charge on any atom is 0.0720 e. The van der Waals surface area contributed by atoms with Crippen LogP contribution in [0.5, 0.6) is 0 Å². The number of rotatable bonds is 22. The summed E-state index contributed by atoms with van der Waals surface area (Å²) in [5.41, 5.74) is 1.24. The predicted octanol–water partition coefficient (Wildman–Crippen LogP) is 8.61. The molecule has 0 aliphatic carbocycles.